The molecule has 3 heterocycles. The molecule has 0 aliphatic heterocycles. The average Bonchev–Trinajstić information content (AvgIpc) is 3.92. The summed E-state index contributed by atoms with van der Waals surface area (Å²) in [7, 11) is 0. The Labute approximate surface area is 329 Å². The fraction of sp³-hybridized carbons (Fsp3) is 0. The summed E-state index contributed by atoms with van der Waals surface area (Å²) < 4.78 is 7.32. The molecular formula is C54H35N3. The summed E-state index contributed by atoms with van der Waals surface area (Å²) in [5.41, 5.74) is 15.4. The van der Waals surface area contributed by atoms with Crippen LogP contribution in [0.1, 0.15) is 0 Å². The molecule has 266 valence electrons. The summed E-state index contributed by atoms with van der Waals surface area (Å²) in [5, 5.41) is 7.44. The van der Waals surface area contributed by atoms with Gasteiger partial charge in [0.05, 0.1) is 33.1 Å². The molecule has 9 aromatic carbocycles. The molecule has 0 aliphatic rings. The molecule has 0 bridgehead atoms. The van der Waals surface area contributed by atoms with Crippen molar-refractivity contribution in [2.24, 2.45) is 0 Å². The van der Waals surface area contributed by atoms with Gasteiger partial charge in [-0.1, -0.05) is 146 Å². The second-order valence-electron chi connectivity index (χ2n) is 14.9. The van der Waals surface area contributed by atoms with Crippen LogP contribution in [-0.2, 0) is 0 Å². The monoisotopic (exact) mass is 725 g/mol. The van der Waals surface area contributed by atoms with Crippen molar-refractivity contribution in [3.05, 3.63) is 212 Å². The van der Waals surface area contributed by atoms with E-state index in [4.69, 9.17) is 0 Å². The SMILES string of the molecule is c1ccc(-c2ccc3c4ccccc4n(-c4ccccc4)c3c2-c2ccc3c4ccccc4n(-c4ccc5c(c4)c4ccccc4n5-c4ccccc4)c3c2)cc1. The van der Waals surface area contributed by atoms with E-state index in [2.05, 4.69) is 226 Å². The van der Waals surface area contributed by atoms with E-state index in [0.717, 1.165) is 17.1 Å². The number of hydrogen-bond donors (Lipinski definition) is 0. The van der Waals surface area contributed by atoms with E-state index in [0.29, 0.717) is 0 Å². The van der Waals surface area contributed by atoms with Gasteiger partial charge in [-0.25, -0.2) is 0 Å². The zero-order valence-electron chi connectivity index (χ0n) is 31.0. The Hall–Kier alpha value is -7.62. The lowest BCUT2D eigenvalue weighted by Gasteiger charge is -2.17. The number of nitrogens with zero attached hydrogens (tertiary/aromatic N) is 3. The molecule has 0 fully saturated rings. The molecule has 0 radical (unpaired) electrons. The minimum Gasteiger partial charge on any atom is -0.309 e. The van der Waals surface area contributed by atoms with Crippen LogP contribution in [0.5, 0.6) is 0 Å². The lowest BCUT2D eigenvalue weighted by atomic mass is 9.91. The molecule has 0 spiro atoms. The third kappa shape index (κ3) is 4.73. The molecule has 0 saturated carbocycles. The highest BCUT2D eigenvalue weighted by Gasteiger charge is 2.22. The minimum absolute atomic E-state index is 1.14. The molecule has 3 heteroatoms. The maximum atomic E-state index is 2.47. The van der Waals surface area contributed by atoms with Crippen molar-refractivity contribution in [1.82, 2.24) is 13.7 Å². The Kier molecular flexibility index (Phi) is 6.93. The third-order valence-electron chi connectivity index (χ3n) is 11.8. The van der Waals surface area contributed by atoms with Crippen molar-refractivity contribution < 1.29 is 0 Å². The molecule has 0 aliphatic carbocycles. The second kappa shape index (κ2) is 12.5. The fourth-order valence-corrected chi connectivity index (χ4v) is 9.41. The van der Waals surface area contributed by atoms with Gasteiger partial charge in [-0.05, 0) is 83.4 Å². The van der Waals surface area contributed by atoms with E-state index in [1.807, 2.05) is 0 Å². The predicted molar refractivity (Wildman–Crippen MR) is 240 cm³/mol. The van der Waals surface area contributed by atoms with E-state index >= 15 is 0 Å². The lowest BCUT2D eigenvalue weighted by Crippen LogP contribution is -1.98. The van der Waals surface area contributed by atoms with E-state index in [1.54, 1.807) is 0 Å². The molecule has 0 atom stereocenters. The van der Waals surface area contributed by atoms with E-state index in [-0.39, 0.29) is 0 Å². The number of rotatable bonds is 5. The van der Waals surface area contributed by atoms with Crippen molar-refractivity contribution in [2.45, 2.75) is 0 Å². The van der Waals surface area contributed by atoms with Crippen LogP contribution in [0.15, 0.2) is 212 Å². The number of aromatic nitrogens is 3. The van der Waals surface area contributed by atoms with E-state index in [1.165, 1.54) is 87.7 Å². The summed E-state index contributed by atoms with van der Waals surface area (Å²) in [5.74, 6) is 0. The van der Waals surface area contributed by atoms with Gasteiger partial charge >= 0.3 is 0 Å². The van der Waals surface area contributed by atoms with Crippen molar-refractivity contribution in [2.75, 3.05) is 0 Å². The zero-order chi connectivity index (χ0) is 37.5. The van der Waals surface area contributed by atoms with Crippen LogP contribution in [0.25, 0.3) is 105 Å². The first kappa shape index (κ1) is 31.7. The Morgan fingerprint density at radius 1 is 0.246 bits per heavy atom. The van der Waals surface area contributed by atoms with Gasteiger partial charge in [0, 0.05) is 54.9 Å². The lowest BCUT2D eigenvalue weighted by molar-refractivity contribution is 1.16. The van der Waals surface area contributed by atoms with Crippen molar-refractivity contribution in [1.29, 1.82) is 0 Å². The third-order valence-corrected chi connectivity index (χ3v) is 11.8. The molecule has 12 aromatic rings. The summed E-state index contributed by atoms with van der Waals surface area (Å²) >= 11 is 0. The largest absolute Gasteiger partial charge is 0.309 e. The number of fused-ring (bicyclic) bond motifs is 9. The van der Waals surface area contributed by atoms with E-state index in [9.17, 15) is 0 Å². The van der Waals surface area contributed by atoms with Crippen LogP contribution in [0.2, 0.25) is 0 Å². The van der Waals surface area contributed by atoms with Crippen molar-refractivity contribution in [3.8, 4) is 39.3 Å². The molecule has 3 aromatic heterocycles. The molecule has 0 unspecified atom stereocenters. The molecule has 0 amide bonds. The fourth-order valence-electron chi connectivity index (χ4n) is 9.41. The van der Waals surface area contributed by atoms with Gasteiger partial charge in [0.15, 0.2) is 0 Å². The number of hydrogen-bond acceptors (Lipinski definition) is 0. The van der Waals surface area contributed by atoms with Gasteiger partial charge in [-0.3, -0.25) is 0 Å². The van der Waals surface area contributed by atoms with Gasteiger partial charge in [-0.2, -0.15) is 0 Å². The second-order valence-corrected chi connectivity index (χ2v) is 14.9. The minimum atomic E-state index is 1.14. The smallest absolute Gasteiger partial charge is 0.0625 e. The standard InChI is InChI=1S/C54H35N3/c1-4-16-36(17-5-1)41-31-32-46-43-23-11-15-27-50(43)57(39-20-8-3-9-21-39)54(46)53(41)37-28-30-45-42-22-10-13-25-48(42)56(52(45)34-37)40-29-33-51-47(35-40)44-24-12-14-26-49(44)55(51)38-18-6-2-7-19-38/h1-35H. The van der Waals surface area contributed by atoms with E-state index < -0.39 is 0 Å². The number of benzene rings is 9. The predicted octanol–water partition coefficient (Wildman–Crippen LogP) is 14.3. The highest BCUT2D eigenvalue weighted by atomic mass is 15.0. The highest BCUT2D eigenvalue weighted by molar-refractivity contribution is 6.18. The summed E-state index contributed by atoms with van der Waals surface area (Å²) in [6.45, 7) is 0. The highest BCUT2D eigenvalue weighted by Crippen LogP contribution is 2.45. The first-order valence-corrected chi connectivity index (χ1v) is 19.6. The quantitative estimate of drug-likeness (QED) is 0.168. The van der Waals surface area contributed by atoms with Crippen LogP contribution in [0, 0.1) is 0 Å². The molecular weight excluding hydrogens is 691 g/mol. The normalized spacial score (nSPS) is 11.9. The van der Waals surface area contributed by atoms with Crippen molar-refractivity contribution in [3.63, 3.8) is 0 Å². The zero-order valence-corrected chi connectivity index (χ0v) is 31.0. The van der Waals surface area contributed by atoms with Gasteiger partial charge in [-0.15, -0.1) is 0 Å². The Morgan fingerprint density at radius 2 is 0.719 bits per heavy atom. The van der Waals surface area contributed by atoms with Crippen LogP contribution in [-0.4, -0.2) is 13.7 Å². The maximum Gasteiger partial charge on any atom is 0.0625 e. The average molecular weight is 726 g/mol. The van der Waals surface area contributed by atoms with Gasteiger partial charge in [0.1, 0.15) is 0 Å². The van der Waals surface area contributed by atoms with Crippen LogP contribution >= 0.6 is 0 Å². The Morgan fingerprint density at radius 3 is 1.39 bits per heavy atom. The summed E-state index contributed by atoms with van der Waals surface area (Å²) in [4.78, 5) is 0. The first-order chi connectivity index (χ1) is 28.3. The van der Waals surface area contributed by atoms with Crippen LogP contribution in [0.4, 0.5) is 0 Å². The molecule has 12 rings (SSSR count). The topological polar surface area (TPSA) is 14.8 Å². The van der Waals surface area contributed by atoms with Crippen molar-refractivity contribution >= 4 is 65.4 Å². The van der Waals surface area contributed by atoms with Gasteiger partial charge in [0.25, 0.3) is 0 Å². The Bertz CT molecular complexity index is 3500. The molecule has 0 N–H and O–H groups in total. The Balaban J connectivity index is 1.18. The number of para-hydroxylation sites is 5. The summed E-state index contributed by atoms with van der Waals surface area (Å²) in [6, 6.07) is 77.5. The van der Waals surface area contributed by atoms with Crippen LogP contribution < -0.4 is 0 Å². The van der Waals surface area contributed by atoms with Gasteiger partial charge < -0.3 is 13.7 Å². The first-order valence-electron chi connectivity index (χ1n) is 19.6. The molecule has 57 heavy (non-hydrogen) atoms. The summed E-state index contributed by atoms with van der Waals surface area (Å²) in [6.07, 6.45) is 0. The molecule has 3 nitrogen and oxygen atoms in total. The van der Waals surface area contributed by atoms with Crippen LogP contribution in [0.3, 0.4) is 0 Å². The maximum absolute atomic E-state index is 2.47. The van der Waals surface area contributed by atoms with Gasteiger partial charge in [0.2, 0.25) is 0 Å². The molecule has 0 saturated heterocycles.